The average Bonchev–Trinajstić information content (AvgIpc) is 3.28. The van der Waals surface area contributed by atoms with Crippen molar-refractivity contribution in [2.45, 2.75) is 31.7 Å². The van der Waals surface area contributed by atoms with Crippen LogP contribution in [0.2, 0.25) is 0 Å². The van der Waals surface area contributed by atoms with Crippen LogP contribution >= 0.6 is 0 Å². The molecule has 1 aliphatic carbocycles. The van der Waals surface area contributed by atoms with Crippen molar-refractivity contribution in [3.05, 3.63) is 48.5 Å². The summed E-state index contributed by atoms with van der Waals surface area (Å²) in [5.41, 5.74) is 3.12. The second-order valence-corrected chi connectivity index (χ2v) is 7.52. The lowest BCUT2D eigenvalue weighted by Gasteiger charge is -2.24. The van der Waals surface area contributed by atoms with Crippen LogP contribution < -0.4 is 5.32 Å². The lowest BCUT2D eigenvalue weighted by molar-refractivity contribution is -0.137. The number of aromatic nitrogens is 1. The summed E-state index contributed by atoms with van der Waals surface area (Å²) in [6.45, 7) is 0.685. The standard InChI is InChI=1S/C22H21N3O3/c26-20(18-5-3-13-25(18)22(27)15-7-8-15)23-16-11-9-14(10-12-16)21-24-17-4-1-2-6-19(17)28-21/h1-2,4,6,9-12,15,18H,3,5,7-8,13H2,(H,23,26). The van der Waals surface area contributed by atoms with Crippen molar-refractivity contribution in [3.63, 3.8) is 0 Å². The largest absolute Gasteiger partial charge is 0.436 e. The highest BCUT2D eigenvalue weighted by molar-refractivity contribution is 5.98. The van der Waals surface area contributed by atoms with Crippen molar-refractivity contribution in [1.29, 1.82) is 0 Å². The van der Waals surface area contributed by atoms with Crippen molar-refractivity contribution in [2.24, 2.45) is 5.92 Å². The summed E-state index contributed by atoms with van der Waals surface area (Å²) in [5, 5.41) is 2.95. The number of para-hydroxylation sites is 2. The van der Waals surface area contributed by atoms with Gasteiger partial charge in [0.05, 0.1) is 0 Å². The number of nitrogens with one attached hydrogen (secondary N) is 1. The molecule has 1 saturated heterocycles. The molecule has 1 aliphatic heterocycles. The third kappa shape index (κ3) is 3.15. The number of fused-ring (bicyclic) bond motifs is 1. The minimum absolute atomic E-state index is 0.110. The Morgan fingerprint density at radius 3 is 2.57 bits per heavy atom. The minimum atomic E-state index is -0.357. The van der Waals surface area contributed by atoms with E-state index in [2.05, 4.69) is 10.3 Å². The van der Waals surface area contributed by atoms with E-state index in [9.17, 15) is 9.59 Å². The van der Waals surface area contributed by atoms with E-state index in [-0.39, 0.29) is 23.8 Å². The fourth-order valence-corrected chi connectivity index (χ4v) is 3.79. The van der Waals surface area contributed by atoms with Crippen molar-refractivity contribution in [2.75, 3.05) is 11.9 Å². The number of anilines is 1. The molecule has 1 N–H and O–H groups in total. The van der Waals surface area contributed by atoms with Crippen molar-refractivity contribution < 1.29 is 14.0 Å². The third-order valence-electron chi connectivity index (χ3n) is 5.46. The first-order valence-electron chi connectivity index (χ1n) is 9.76. The lowest BCUT2D eigenvalue weighted by atomic mass is 10.1. The first-order valence-corrected chi connectivity index (χ1v) is 9.76. The molecule has 0 spiro atoms. The van der Waals surface area contributed by atoms with E-state index in [0.29, 0.717) is 18.1 Å². The molecule has 2 fully saturated rings. The first-order chi connectivity index (χ1) is 13.7. The van der Waals surface area contributed by atoms with Crippen LogP contribution in [-0.2, 0) is 9.59 Å². The molecule has 0 radical (unpaired) electrons. The lowest BCUT2D eigenvalue weighted by Crippen LogP contribution is -2.43. The fourth-order valence-electron chi connectivity index (χ4n) is 3.79. The third-order valence-corrected chi connectivity index (χ3v) is 5.46. The zero-order valence-electron chi connectivity index (χ0n) is 15.4. The quantitative estimate of drug-likeness (QED) is 0.752. The molecular weight excluding hydrogens is 354 g/mol. The van der Waals surface area contributed by atoms with Gasteiger partial charge in [-0.15, -0.1) is 0 Å². The predicted molar refractivity (Wildman–Crippen MR) is 106 cm³/mol. The Morgan fingerprint density at radius 1 is 1.04 bits per heavy atom. The van der Waals surface area contributed by atoms with Gasteiger partial charge in [-0.3, -0.25) is 9.59 Å². The van der Waals surface area contributed by atoms with E-state index in [1.165, 1.54) is 0 Å². The Kier molecular flexibility index (Phi) is 4.11. The van der Waals surface area contributed by atoms with E-state index >= 15 is 0 Å². The number of amides is 2. The number of rotatable bonds is 4. The van der Waals surface area contributed by atoms with Gasteiger partial charge in [0.1, 0.15) is 11.6 Å². The molecule has 2 amide bonds. The number of nitrogens with zero attached hydrogens (tertiary/aromatic N) is 2. The van der Waals surface area contributed by atoms with Crippen molar-refractivity contribution in [3.8, 4) is 11.5 Å². The molecule has 0 bridgehead atoms. The van der Waals surface area contributed by atoms with Gasteiger partial charge < -0.3 is 14.6 Å². The molecular formula is C22H21N3O3. The number of carbonyl (C=O) groups excluding carboxylic acids is 2. The molecule has 2 aromatic carbocycles. The average molecular weight is 375 g/mol. The van der Waals surface area contributed by atoms with Crippen molar-refractivity contribution in [1.82, 2.24) is 9.88 Å². The van der Waals surface area contributed by atoms with E-state index in [0.717, 1.165) is 42.3 Å². The van der Waals surface area contributed by atoms with Gasteiger partial charge in [-0.1, -0.05) is 12.1 Å². The molecule has 6 nitrogen and oxygen atoms in total. The first kappa shape index (κ1) is 17.0. The van der Waals surface area contributed by atoms with Gasteiger partial charge >= 0.3 is 0 Å². The summed E-state index contributed by atoms with van der Waals surface area (Å²) in [5.74, 6) is 0.727. The molecule has 142 valence electrons. The summed E-state index contributed by atoms with van der Waals surface area (Å²) in [6, 6.07) is 14.7. The monoisotopic (exact) mass is 375 g/mol. The van der Waals surface area contributed by atoms with Crippen LogP contribution in [0.25, 0.3) is 22.6 Å². The molecule has 2 heterocycles. The summed E-state index contributed by atoms with van der Waals surface area (Å²) in [7, 11) is 0. The highest BCUT2D eigenvalue weighted by atomic mass is 16.3. The fraction of sp³-hybridized carbons (Fsp3) is 0.318. The van der Waals surface area contributed by atoms with Gasteiger partial charge in [0.15, 0.2) is 5.58 Å². The van der Waals surface area contributed by atoms with Crippen LogP contribution in [0.1, 0.15) is 25.7 Å². The summed E-state index contributed by atoms with van der Waals surface area (Å²) >= 11 is 0. The van der Waals surface area contributed by atoms with Gasteiger partial charge in [0.2, 0.25) is 17.7 Å². The molecule has 28 heavy (non-hydrogen) atoms. The van der Waals surface area contributed by atoms with Crippen LogP contribution in [0.15, 0.2) is 52.9 Å². The summed E-state index contributed by atoms with van der Waals surface area (Å²) in [4.78, 5) is 31.3. The topological polar surface area (TPSA) is 75.4 Å². The Bertz CT molecular complexity index is 1000. The molecule has 5 rings (SSSR count). The van der Waals surface area contributed by atoms with Crippen LogP contribution in [0.5, 0.6) is 0 Å². The number of carbonyl (C=O) groups is 2. The zero-order valence-corrected chi connectivity index (χ0v) is 15.4. The Labute approximate surface area is 162 Å². The van der Waals surface area contributed by atoms with Gasteiger partial charge in [-0.05, 0) is 62.1 Å². The minimum Gasteiger partial charge on any atom is -0.436 e. The number of benzene rings is 2. The number of likely N-dealkylation sites (tertiary alicyclic amines) is 1. The van der Waals surface area contributed by atoms with E-state index < -0.39 is 0 Å². The molecule has 1 aromatic heterocycles. The van der Waals surface area contributed by atoms with E-state index in [1.54, 1.807) is 4.90 Å². The second kappa shape index (κ2) is 6.78. The molecule has 1 saturated carbocycles. The molecule has 2 aliphatic rings. The smallest absolute Gasteiger partial charge is 0.247 e. The maximum absolute atomic E-state index is 12.7. The maximum atomic E-state index is 12.7. The highest BCUT2D eigenvalue weighted by Crippen LogP contribution is 2.34. The van der Waals surface area contributed by atoms with Crippen LogP contribution in [-0.4, -0.2) is 34.3 Å². The van der Waals surface area contributed by atoms with Gasteiger partial charge in [0, 0.05) is 23.7 Å². The molecule has 3 aromatic rings. The van der Waals surface area contributed by atoms with E-state index in [4.69, 9.17) is 4.42 Å². The number of hydrogen-bond donors (Lipinski definition) is 1. The SMILES string of the molecule is O=C(Nc1ccc(-c2nc3ccccc3o2)cc1)C1CCCN1C(=O)C1CC1. The van der Waals surface area contributed by atoms with Crippen LogP contribution in [0.4, 0.5) is 5.69 Å². The Balaban J connectivity index is 1.29. The van der Waals surface area contributed by atoms with Gasteiger partial charge in [0.25, 0.3) is 0 Å². The second-order valence-electron chi connectivity index (χ2n) is 7.52. The van der Waals surface area contributed by atoms with Crippen LogP contribution in [0.3, 0.4) is 0 Å². The normalized spacial score (nSPS) is 19.1. The molecule has 6 heteroatoms. The van der Waals surface area contributed by atoms with E-state index in [1.807, 2.05) is 48.5 Å². The Hall–Kier alpha value is -3.15. The number of hydrogen-bond acceptors (Lipinski definition) is 4. The molecule has 1 unspecified atom stereocenters. The Morgan fingerprint density at radius 2 is 1.82 bits per heavy atom. The van der Waals surface area contributed by atoms with Crippen LogP contribution in [0, 0.1) is 5.92 Å². The van der Waals surface area contributed by atoms with Gasteiger partial charge in [-0.25, -0.2) is 4.98 Å². The van der Waals surface area contributed by atoms with Crippen molar-refractivity contribution >= 4 is 28.6 Å². The summed E-state index contributed by atoms with van der Waals surface area (Å²) < 4.78 is 5.78. The number of oxazole rings is 1. The zero-order chi connectivity index (χ0) is 19.1. The molecule has 1 atom stereocenters. The predicted octanol–water partition coefficient (Wildman–Crippen LogP) is 3.83. The van der Waals surface area contributed by atoms with Gasteiger partial charge in [-0.2, -0.15) is 0 Å². The maximum Gasteiger partial charge on any atom is 0.247 e. The summed E-state index contributed by atoms with van der Waals surface area (Å²) in [6.07, 6.45) is 3.53. The highest BCUT2D eigenvalue weighted by Gasteiger charge is 2.40.